The van der Waals surface area contributed by atoms with Gasteiger partial charge in [-0.05, 0) is 35.4 Å². The van der Waals surface area contributed by atoms with Crippen LogP contribution in [0.15, 0.2) is 71.2 Å². The van der Waals surface area contributed by atoms with Crippen LogP contribution in [0, 0.1) is 17.5 Å². The Bertz CT molecular complexity index is 1090. The van der Waals surface area contributed by atoms with Crippen LogP contribution in [0.3, 0.4) is 0 Å². The molecule has 0 bridgehead atoms. The summed E-state index contributed by atoms with van der Waals surface area (Å²) in [6.07, 6.45) is 0. The van der Waals surface area contributed by atoms with Crippen LogP contribution in [-0.2, 0) is 0 Å². The van der Waals surface area contributed by atoms with E-state index in [4.69, 9.17) is 0 Å². The fourth-order valence-electron chi connectivity index (χ4n) is 3.89. The second-order valence-corrected chi connectivity index (χ2v) is 8.46. The number of hydrogen-bond donors (Lipinski definition) is 1. The molecule has 4 nitrogen and oxygen atoms in total. The van der Waals surface area contributed by atoms with Crippen LogP contribution in [0.25, 0.3) is 0 Å². The molecule has 0 unspecified atom stereocenters. The molecule has 2 amide bonds. The smallest absolute Gasteiger partial charge is 0.322 e. The lowest BCUT2D eigenvalue weighted by Gasteiger charge is -2.39. The predicted molar refractivity (Wildman–Crippen MR) is 121 cm³/mol. The predicted octanol–water partition coefficient (Wildman–Crippen LogP) is 5.81. The topological polar surface area (TPSA) is 35.6 Å². The summed E-state index contributed by atoms with van der Waals surface area (Å²) in [6.45, 7) is 2.03. The highest BCUT2D eigenvalue weighted by molar-refractivity contribution is 9.10. The lowest BCUT2D eigenvalue weighted by atomic mass is 9.96. The van der Waals surface area contributed by atoms with Crippen molar-refractivity contribution in [1.82, 2.24) is 9.80 Å². The number of rotatable bonds is 4. The Hall–Kier alpha value is -2.84. The van der Waals surface area contributed by atoms with E-state index in [0.717, 1.165) is 27.7 Å². The highest BCUT2D eigenvalue weighted by atomic mass is 79.9. The summed E-state index contributed by atoms with van der Waals surface area (Å²) in [6, 6.07) is 19.6. The van der Waals surface area contributed by atoms with Crippen LogP contribution >= 0.6 is 15.9 Å². The molecule has 0 saturated carbocycles. The molecule has 1 atom stereocenters. The maximum atomic E-state index is 13.9. The average Bonchev–Trinajstić information content (AvgIpc) is 2.82. The van der Waals surface area contributed by atoms with E-state index in [0.29, 0.717) is 26.2 Å². The molecule has 3 aromatic rings. The molecule has 3 aromatic carbocycles. The third-order valence-corrected chi connectivity index (χ3v) is 6.07. The molecular weight excluding hydrogens is 483 g/mol. The molecule has 1 saturated heterocycles. The van der Waals surface area contributed by atoms with Gasteiger partial charge in [0, 0.05) is 30.7 Å². The molecule has 0 radical (unpaired) electrons. The molecule has 166 valence electrons. The Morgan fingerprint density at radius 3 is 2.09 bits per heavy atom. The van der Waals surface area contributed by atoms with Crippen molar-refractivity contribution in [3.63, 3.8) is 0 Å². The van der Waals surface area contributed by atoms with E-state index in [9.17, 15) is 18.0 Å². The number of urea groups is 1. The first-order valence-corrected chi connectivity index (χ1v) is 11.0. The quantitative estimate of drug-likeness (QED) is 0.456. The molecular formula is C24H21BrF3N3O. The summed E-state index contributed by atoms with van der Waals surface area (Å²) < 4.78 is 41.5. The van der Waals surface area contributed by atoms with Crippen molar-refractivity contribution in [2.24, 2.45) is 0 Å². The molecule has 1 aliphatic rings. The van der Waals surface area contributed by atoms with E-state index < -0.39 is 23.5 Å². The van der Waals surface area contributed by atoms with Crippen molar-refractivity contribution in [3.05, 3.63) is 99.8 Å². The van der Waals surface area contributed by atoms with Gasteiger partial charge in [0.05, 0.1) is 11.7 Å². The van der Waals surface area contributed by atoms with E-state index in [1.165, 1.54) is 0 Å². The first-order chi connectivity index (χ1) is 15.4. The summed E-state index contributed by atoms with van der Waals surface area (Å²) in [5.74, 6) is -4.31. The third kappa shape index (κ3) is 4.81. The fraction of sp³-hybridized carbons (Fsp3) is 0.208. The second-order valence-electron chi connectivity index (χ2n) is 7.54. The van der Waals surface area contributed by atoms with Gasteiger partial charge in [-0.2, -0.15) is 0 Å². The van der Waals surface area contributed by atoms with Gasteiger partial charge in [-0.1, -0.05) is 58.4 Å². The summed E-state index contributed by atoms with van der Waals surface area (Å²) in [5.41, 5.74) is 1.91. The van der Waals surface area contributed by atoms with Crippen LogP contribution in [-0.4, -0.2) is 42.0 Å². The number of anilines is 1. The molecule has 1 heterocycles. The van der Waals surface area contributed by atoms with Crippen molar-refractivity contribution in [3.8, 4) is 0 Å². The zero-order valence-corrected chi connectivity index (χ0v) is 18.7. The van der Waals surface area contributed by atoms with Crippen LogP contribution in [0.5, 0.6) is 0 Å². The summed E-state index contributed by atoms with van der Waals surface area (Å²) in [7, 11) is 0. The first-order valence-electron chi connectivity index (χ1n) is 10.2. The minimum atomic E-state index is -1.60. The second kappa shape index (κ2) is 9.75. The van der Waals surface area contributed by atoms with Crippen LogP contribution in [0.2, 0.25) is 0 Å². The number of carbonyl (C=O) groups is 1. The molecule has 4 rings (SSSR count). The monoisotopic (exact) mass is 503 g/mol. The van der Waals surface area contributed by atoms with E-state index in [1.807, 2.05) is 30.3 Å². The van der Waals surface area contributed by atoms with Gasteiger partial charge >= 0.3 is 6.03 Å². The van der Waals surface area contributed by atoms with Crippen molar-refractivity contribution >= 4 is 27.6 Å². The number of amides is 2. The van der Waals surface area contributed by atoms with Gasteiger partial charge in [0.15, 0.2) is 17.5 Å². The van der Waals surface area contributed by atoms with Crippen molar-refractivity contribution in [1.29, 1.82) is 0 Å². The number of piperazine rings is 1. The Morgan fingerprint density at radius 1 is 0.812 bits per heavy atom. The van der Waals surface area contributed by atoms with Gasteiger partial charge in [-0.25, -0.2) is 18.0 Å². The zero-order valence-electron chi connectivity index (χ0n) is 17.1. The molecule has 1 fully saturated rings. The number of nitrogens with zero attached hydrogens (tertiary/aromatic N) is 2. The third-order valence-electron chi connectivity index (χ3n) is 5.54. The standard InChI is InChI=1S/C24H21BrF3N3O/c25-18-8-6-17(7-9-18)23(16-4-2-1-3-5-16)30-12-14-31(15-13-30)24(32)29-20-11-10-19(26)21(27)22(20)28/h1-11,23H,12-15H2,(H,29,32)/t23-/m1/s1. The minimum absolute atomic E-state index is 0.0261. The van der Waals surface area contributed by atoms with Crippen molar-refractivity contribution in [2.75, 3.05) is 31.5 Å². The van der Waals surface area contributed by atoms with E-state index in [2.05, 4.69) is 50.4 Å². The maximum Gasteiger partial charge on any atom is 0.322 e. The maximum absolute atomic E-state index is 13.9. The highest BCUT2D eigenvalue weighted by Gasteiger charge is 2.28. The molecule has 0 aromatic heterocycles. The lowest BCUT2D eigenvalue weighted by molar-refractivity contribution is 0.126. The van der Waals surface area contributed by atoms with E-state index >= 15 is 0 Å². The average molecular weight is 504 g/mol. The zero-order chi connectivity index (χ0) is 22.7. The van der Waals surface area contributed by atoms with Crippen molar-refractivity contribution in [2.45, 2.75) is 6.04 Å². The number of benzene rings is 3. The van der Waals surface area contributed by atoms with Gasteiger partial charge in [0.2, 0.25) is 0 Å². The van der Waals surface area contributed by atoms with E-state index in [1.54, 1.807) is 4.90 Å². The van der Waals surface area contributed by atoms with Crippen LogP contribution in [0.1, 0.15) is 17.2 Å². The summed E-state index contributed by atoms with van der Waals surface area (Å²) in [4.78, 5) is 16.4. The van der Waals surface area contributed by atoms with E-state index in [-0.39, 0.29) is 11.7 Å². The van der Waals surface area contributed by atoms with Gasteiger partial charge < -0.3 is 10.2 Å². The van der Waals surface area contributed by atoms with Crippen molar-refractivity contribution < 1.29 is 18.0 Å². The summed E-state index contributed by atoms with van der Waals surface area (Å²) in [5, 5.41) is 2.34. The Morgan fingerprint density at radius 2 is 1.44 bits per heavy atom. The number of hydrogen-bond acceptors (Lipinski definition) is 2. The number of carbonyl (C=O) groups excluding carboxylic acids is 1. The molecule has 32 heavy (non-hydrogen) atoms. The first kappa shape index (κ1) is 22.4. The molecule has 8 heteroatoms. The Kier molecular flexibility index (Phi) is 6.81. The minimum Gasteiger partial charge on any atom is -0.322 e. The fourth-order valence-corrected chi connectivity index (χ4v) is 4.16. The molecule has 0 aliphatic carbocycles. The molecule has 1 N–H and O–H groups in total. The Balaban J connectivity index is 1.47. The number of halogens is 4. The SMILES string of the molecule is O=C(Nc1ccc(F)c(F)c1F)N1CCN([C@H](c2ccccc2)c2ccc(Br)cc2)CC1. The van der Waals surface area contributed by atoms with Gasteiger partial charge in [0.25, 0.3) is 0 Å². The molecule has 0 spiro atoms. The van der Waals surface area contributed by atoms with Gasteiger partial charge in [-0.3, -0.25) is 4.90 Å². The highest BCUT2D eigenvalue weighted by Crippen LogP contribution is 2.30. The largest absolute Gasteiger partial charge is 0.322 e. The number of nitrogens with one attached hydrogen (secondary N) is 1. The van der Waals surface area contributed by atoms with Crippen LogP contribution < -0.4 is 5.32 Å². The summed E-state index contributed by atoms with van der Waals surface area (Å²) >= 11 is 3.48. The van der Waals surface area contributed by atoms with Gasteiger partial charge in [-0.15, -0.1) is 0 Å². The molecule has 1 aliphatic heterocycles. The normalized spacial score (nSPS) is 15.4. The lowest BCUT2D eigenvalue weighted by Crippen LogP contribution is -2.51. The van der Waals surface area contributed by atoms with Gasteiger partial charge in [0.1, 0.15) is 0 Å². The van der Waals surface area contributed by atoms with Crippen LogP contribution in [0.4, 0.5) is 23.7 Å². The Labute approximate surface area is 192 Å².